The maximum atomic E-state index is 12.4. The number of nitrogens with two attached hydrogens (primary N) is 1. The number of nitrogens with one attached hydrogen (secondary N) is 1. The minimum atomic E-state index is -0.854. The van der Waals surface area contributed by atoms with Crippen LogP contribution in [0.15, 0.2) is 0 Å². The van der Waals surface area contributed by atoms with Crippen molar-refractivity contribution in [1.82, 2.24) is 5.32 Å². The molecule has 0 amide bonds. The fraction of sp³-hybridized carbons (Fsp3) is 0.889. The van der Waals surface area contributed by atoms with E-state index in [2.05, 4.69) is 5.32 Å². The van der Waals surface area contributed by atoms with Gasteiger partial charge in [-0.15, -0.1) is 0 Å². The summed E-state index contributed by atoms with van der Waals surface area (Å²) >= 11 is 0. The van der Waals surface area contributed by atoms with Gasteiger partial charge in [-0.2, -0.15) is 0 Å². The molecule has 7 heteroatoms. The quantitative estimate of drug-likeness (QED) is 0.400. The molecule has 25 heavy (non-hydrogen) atoms. The van der Waals surface area contributed by atoms with E-state index in [-0.39, 0.29) is 18.6 Å². The molecule has 0 saturated carbocycles. The maximum Gasteiger partial charge on any atom is 0.324 e. The van der Waals surface area contributed by atoms with Crippen LogP contribution >= 0.6 is 0 Å². The molecule has 0 fully saturated rings. The second-order valence-corrected chi connectivity index (χ2v) is 8.39. The second-order valence-electron chi connectivity index (χ2n) is 8.39. The topological polar surface area (TPSA) is 111 Å². The van der Waals surface area contributed by atoms with Crippen LogP contribution in [-0.4, -0.2) is 47.1 Å². The highest BCUT2D eigenvalue weighted by atomic mass is 16.6. The van der Waals surface area contributed by atoms with Crippen LogP contribution in [0.2, 0.25) is 0 Å². The Morgan fingerprint density at radius 3 is 1.76 bits per heavy atom. The Hall–Kier alpha value is -1.18. The molecule has 0 radical (unpaired) electrons. The molecule has 7 nitrogen and oxygen atoms in total. The van der Waals surface area contributed by atoms with Gasteiger partial charge in [-0.25, -0.2) is 0 Å². The number of esters is 2. The molecule has 0 rings (SSSR count). The first kappa shape index (κ1) is 23.8. The van der Waals surface area contributed by atoms with E-state index in [1.165, 1.54) is 0 Å². The van der Waals surface area contributed by atoms with Crippen LogP contribution in [0.4, 0.5) is 0 Å². The Balaban J connectivity index is 4.92. The minimum absolute atomic E-state index is 0.0227. The van der Waals surface area contributed by atoms with Gasteiger partial charge in [0.2, 0.25) is 0 Å². The normalized spacial score (nSPS) is 15.2. The van der Waals surface area contributed by atoms with Crippen molar-refractivity contribution in [3.05, 3.63) is 0 Å². The van der Waals surface area contributed by atoms with Gasteiger partial charge >= 0.3 is 11.9 Å². The monoisotopic (exact) mass is 360 g/mol. The van der Waals surface area contributed by atoms with E-state index in [0.29, 0.717) is 6.42 Å². The van der Waals surface area contributed by atoms with Crippen molar-refractivity contribution < 1.29 is 24.2 Å². The van der Waals surface area contributed by atoms with Crippen LogP contribution in [0.5, 0.6) is 0 Å². The molecule has 0 aromatic heterocycles. The van der Waals surface area contributed by atoms with Gasteiger partial charge in [0.05, 0.1) is 6.73 Å². The van der Waals surface area contributed by atoms with Gasteiger partial charge in [-0.05, 0) is 39.5 Å². The minimum Gasteiger partial charge on any atom is -0.458 e. The van der Waals surface area contributed by atoms with Crippen LogP contribution in [0.1, 0.15) is 61.8 Å². The van der Waals surface area contributed by atoms with E-state index in [9.17, 15) is 9.59 Å². The number of hydrogen-bond acceptors (Lipinski definition) is 7. The van der Waals surface area contributed by atoms with Crippen molar-refractivity contribution in [3.8, 4) is 0 Å². The number of carbonyl (C=O) groups is 2. The molecule has 0 heterocycles. The van der Waals surface area contributed by atoms with Gasteiger partial charge in [0, 0.05) is 6.42 Å². The van der Waals surface area contributed by atoms with Crippen LogP contribution in [0, 0.1) is 11.8 Å². The third kappa shape index (κ3) is 8.65. The summed E-state index contributed by atoms with van der Waals surface area (Å²) in [6.45, 7) is 14.2. The van der Waals surface area contributed by atoms with Crippen LogP contribution < -0.4 is 11.1 Å². The standard InChI is InChI=1S/C18H36N2O5/c1-11(2)13(19)15(22)24-17(5,6)9-18(7,8)25-16(23)14(12(3)4)20-10-21/h11-14,20-21H,9-10,19H2,1-8H3/t13?,14-/m0/s1. The van der Waals surface area contributed by atoms with Crippen LogP contribution in [0.25, 0.3) is 0 Å². The molecule has 1 unspecified atom stereocenters. The zero-order valence-corrected chi connectivity index (χ0v) is 16.9. The Labute approximate surface area is 151 Å². The summed E-state index contributed by atoms with van der Waals surface area (Å²) in [6.07, 6.45) is 0.312. The molecule has 0 aliphatic carbocycles. The summed E-state index contributed by atoms with van der Waals surface area (Å²) in [5, 5.41) is 11.7. The smallest absolute Gasteiger partial charge is 0.324 e. The number of ether oxygens (including phenoxy) is 2. The fourth-order valence-electron chi connectivity index (χ4n) is 2.74. The average molecular weight is 360 g/mol. The van der Waals surface area contributed by atoms with E-state index in [4.69, 9.17) is 20.3 Å². The van der Waals surface area contributed by atoms with Crippen molar-refractivity contribution >= 4 is 11.9 Å². The molecule has 0 bridgehead atoms. The molecule has 0 aliphatic rings. The average Bonchev–Trinajstić information content (AvgIpc) is 2.40. The molecule has 0 aromatic rings. The van der Waals surface area contributed by atoms with Crippen molar-refractivity contribution in [1.29, 1.82) is 0 Å². The van der Waals surface area contributed by atoms with E-state index >= 15 is 0 Å². The Bertz CT molecular complexity index is 447. The lowest BCUT2D eigenvalue weighted by Crippen LogP contribution is -2.48. The Kier molecular flexibility index (Phi) is 9.05. The summed E-state index contributed by atoms with van der Waals surface area (Å²) in [4.78, 5) is 24.5. The third-order valence-corrected chi connectivity index (χ3v) is 3.83. The lowest BCUT2D eigenvalue weighted by Gasteiger charge is -2.36. The number of rotatable bonds is 10. The number of hydrogen-bond donors (Lipinski definition) is 3. The lowest BCUT2D eigenvalue weighted by molar-refractivity contribution is -0.173. The van der Waals surface area contributed by atoms with Crippen molar-refractivity contribution in [2.45, 2.75) is 85.1 Å². The number of carbonyl (C=O) groups excluding carboxylic acids is 2. The third-order valence-electron chi connectivity index (χ3n) is 3.83. The summed E-state index contributed by atoms with van der Waals surface area (Å²) in [7, 11) is 0. The second kappa shape index (κ2) is 9.50. The predicted octanol–water partition coefficient (Wildman–Crippen LogP) is 1.57. The highest BCUT2D eigenvalue weighted by Gasteiger charge is 2.37. The molecule has 0 saturated heterocycles. The first-order chi connectivity index (χ1) is 11.2. The Morgan fingerprint density at radius 1 is 0.960 bits per heavy atom. The zero-order chi connectivity index (χ0) is 20.0. The lowest BCUT2D eigenvalue weighted by atomic mass is 9.91. The summed E-state index contributed by atoms with van der Waals surface area (Å²) in [5.41, 5.74) is 4.13. The molecule has 2 atom stereocenters. The number of aliphatic hydroxyl groups excluding tert-OH is 1. The fourth-order valence-corrected chi connectivity index (χ4v) is 2.74. The zero-order valence-electron chi connectivity index (χ0n) is 16.9. The van der Waals surface area contributed by atoms with Gasteiger partial charge < -0.3 is 20.3 Å². The molecule has 0 spiro atoms. The Morgan fingerprint density at radius 2 is 1.40 bits per heavy atom. The first-order valence-corrected chi connectivity index (χ1v) is 8.78. The molecule has 148 valence electrons. The SMILES string of the molecule is CC(C)C(N)C(=O)OC(C)(C)CC(C)(C)OC(=O)[C@@H](NCO)C(C)C. The van der Waals surface area contributed by atoms with Crippen molar-refractivity contribution in [2.24, 2.45) is 17.6 Å². The molecule has 0 aliphatic heterocycles. The van der Waals surface area contributed by atoms with Crippen LogP contribution in [-0.2, 0) is 19.1 Å². The summed E-state index contributed by atoms with van der Waals surface area (Å²) < 4.78 is 11.1. The van der Waals surface area contributed by atoms with Gasteiger partial charge in [0.15, 0.2) is 0 Å². The first-order valence-electron chi connectivity index (χ1n) is 8.78. The van der Waals surface area contributed by atoms with E-state index < -0.39 is 35.2 Å². The molecule has 4 N–H and O–H groups in total. The summed E-state index contributed by atoms with van der Waals surface area (Å²) in [5.74, 6) is -0.977. The number of aliphatic hydroxyl groups is 1. The van der Waals surface area contributed by atoms with Crippen molar-refractivity contribution in [2.75, 3.05) is 6.73 Å². The predicted molar refractivity (Wildman–Crippen MR) is 96.6 cm³/mol. The highest BCUT2D eigenvalue weighted by molar-refractivity contribution is 5.77. The molecular formula is C18H36N2O5. The van der Waals surface area contributed by atoms with E-state index in [1.807, 2.05) is 27.7 Å². The highest BCUT2D eigenvalue weighted by Crippen LogP contribution is 2.28. The maximum absolute atomic E-state index is 12.4. The largest absolute Gasteiger partial charge is 0.458 e. The van der Waals surface area contributed by atoms with Crippen LogP contribution in [0.3, 0.4) is 0 Å². The van der Waals surface area contributed by atoms with Gasteiger partial charge in [0.1, 0.15) is 23.3 Å². The van der Waals surface area contributed by atoms with Gasteiger partial charge in [0.25, 0.3) is 0 Å². The van der Waals surface area contributed by atoms with Gasteiger partial charge in [-0.3, -0.25) is 14.9 Å². The van der Waals surface area contributed by atoms with Gasteiger partial charge in [-0.1, -0.05) is 27.7 Å². The van der Waals surface area contributed by atoms with E-state index in [1.54, 1.807) is 27.7 Å². The summed E-state index contributed by atoms with van der Waals surface area (Å²) in [6, 6.07) is -1.30. The van der Waals surface area contributed by atoms with Crippen molar-refractivity contribution in [3.63, 3.8) is 0 Å². The molecular weight excluding hydrogens is 324 g/mol. The van der Waals surface area contributed by atoms with E-state index in [0.717, 1.165) is 0 Å². The molecule has 0 aromatic carbocycles.